The summed E-state index contributed by atoms with van der Waals surface area (Å²) in [5.41, 5.74) is 0. The first-order valence-electron chi connectivity index (χ1n) is 10.1. The molecule has 17 nitrogen and oxygen atoms in total. The van der Waals surface area contributed by atoms with Crippen LogP contribution in [0.15, 0.2) is 24.7 Å². The predicted molar refractivity (Wildman–Crippen MR) is 115 cm³/mol. The Balaban J connectivity index is 1.58. The quantitative estimate of drug-likeness (QED) is 0.0962. The molecule has 3 aliphatic heterocycles. The molecule has 7 N–H and O–H groups in total. The first kappa shape index (κ1) is 29.6. The van der Waals surface area contributed by atoms with E-state index in [1.165, 1.54) is 11.1 Å². The van der Waals surface area contributed by atoms with Crippen molar-refractivity contribution >= 4 is 34.2 Å². The molecule has 3 aliphatic rings. The van der Waals surface area contributed by atoms with Crippen molar-refractivity contribution in [2.45, 2.75) is 55.2 Å². The van der Waals surface area contributed by atoms with Crippen LogP contribution in [-0.2, 0) is 36.8 Å². The van der Waals surface area contributed by atoms with Gasteiger partial charge in [0, 0.05) is 18.0 Å². The van der Waals surface area contributed by atoms with Crippen LogP contribution in [0.3, 0.4) is 0 Å². The molecular formula is C16H25N2O15P2S-. The summed E-state index contributed by atoms with van der Waals surface area (Å²) in [4.78, 5) is 34.4. The molecule has 2 saturated heterocycles. The molecular weight excluding hydrogens is 554 g/mol. The number of aliphatic hydroxyl groups is 5. The number of hydrogen-bond donors (Lipinski definition) is 8. The fourth-order valence-electron chi connectivity index (χ4n) is 3.44. The number of amides is 1. The maximum absolute atomic E-state index is 12.2. The van der Waals surface area contributed by atoms with Gasteiger partial charge in [-0.15, -0.1) is 0 Å². The number of nitrogens with one attached hydrogen (secondary N) is 1. The van der Waals surface area contributed by atoms with Crippen LogP contribution in [-0.4, -0.2) is 109 Å². The Morgan fingerprint density at radius 1 is 1.08 bits per heavy atom. The lowest BCUT2D eigenvalue weighted by molar-refractivity contribution is -0.295. The molecule has 0 aromatic heterocycles. The van der Waals surface area contributed by atoms with E-state index in [4.69, 9.17) is 9.47 Å². The highest BCUT2D eigenvalue weighted by Crippen LogP contribution is 2.59. The molecule has 0 saturated carbocycles. The maximum atomic E-state index is 12.2. The Hall–Kier alpha value is -0.920. The zero-order valence-electron chi connectivity index (χ0n) is 18.1. The van der Waals surface area contributed by atoms with Gasteiger partial charge in [-0.2, -0.15) is 12.6 Å². The fraction of sp³-hybridized carbons (Fsp3) is 0.688. The highest BCUT2D eigenvalue weighted by molar-refractivity contribution is 7.80. The van der Waals surface area contributed by atoms with E-state index >= 15 is 0 Å². The molecule has 11 atom stereocenters. The standard InChI is InChI=1S/C16H26N2O15P2S/c1-6-17-9(19)2-3-18(6)15-13(23)10(20)7(30-15)4-29-34(25,26)33-35(27,28)32-16-14(24)12(22)11(21)8(5-36)31-16/h2-3,7-8,10-16,20-24,36H,1,4-5H2,(H,17,19)(H,25,26)(H,27,28)/p-1/t7-,8?,10+,11+,12+,13?,14?,15-,16+/m1/s1. The van der Waals surface area contributed by atoms with Crippen LogP contribution < -0.4 is 10.2 Å². The van der Waals surface area contributed by atoms with Gasteiger partial charge in [0.05, 0.1) is 12.7 Å². The summed E-state index contributed by atoms with van der Waals surface area (Å²) in [6.45, 7) is 2.62. The molecule has 0 aliphatic carbocycles. The van der Waals surface area contributed by atoms with Gasteiger partial charge in [-0.3, -0.25) is 18.4 Å². The van der Waals surface area contributed by atoms with Crippen molar-refractivity contribution in [1.82, 2.24) is 10.2 Å². The second-order valence-corrected chi connectivity index (χ2v) is 11.1. The number of nitrogens with zero attached hydrogens (tertiary/aromatic N) is 1. The molecule has 36 heavy (non-hydrogen) atoms. The van der Waals surface area contributed by atoms with Crippen molar-refractivity contribution < 1.29 is 72.1 Å². The highest BCUT2D eigenvalue weighted by atomic mass is 32.1. The summed E-state index contributed by atoms with van der Waals surface area (Å²) >= 11 is 3.85. The van der Waals surface area contributed by atoms with E-state index in [0.29, 0.717) is 0 Å². The number of aliphatic hydroxyl groups excluding tert-OH is 5. The van der Waals surface area contributed by atoms with Crippen LogP contribution in [0.4, 0.5) is 0 Å². The van der Waals surface area contributed by atoms with Crippen molar-refractivity contribution in [3.8, 4) is 0 Å². The fourth-order valence-corrected chi connectivity index (χ4v) is 5.86. The Kier molecular flexibility index (Phi) is 9.42. The molecule has 0 bridgehead atoms. The van der Waals surface area contributed by atoms with Crippen molar-refractivity contribution in [2.75, 3.05) is 12.4 Å². The summed E-state index contributed by atoms with van der Waals surface area (Å²) in [5, 5.41) is 52.2. The first-order valence-corrected chi connectivity index (χ1v) is 13.7. The second kappa shape index (κ2) is 11.4. The van der Waals surface area contributed by atoms with Gasteiger partial charge in [0.1, 0.15) is 42.4 Å². The van der Waals surface area contributed by atoms with Gasteiger partial charge >= 0.3 is 7.82 Å². The van der Waals surface area contributed by atoms with Crippen LogP contribution >= 0.6 is 28.3 Å². The van der Waals surface area contributed by atoms with Crippen molar-refractivity contribution in [1.29, 1.82) is 0 Å². The molecule has 3 rings (SSSR count). The van der Waals surface area contributed by atoms with Crippen molar-refractivity contribution in [3.05, 3.63) is 24.7 Å². The van der Waals surface area contributed by atoms with E-state index in [9.17, 15) is 49.2 Å². The molecule has 0 aromatic carbocycles. The lowest BCUT2D eigenvalue weighted by Crippen LogP contribution is -2.58. The second-order valence-electron chi connectivity index (χ2n) is 7.80. The summed E-state index contributed by atoms with van der Waals surface area (Å²) in [6, 6.07) is 0. The van der Waals surface area contributed by atoms with Gasteiger partial charge in [-0.1, -0.05) is 6.58 Å². The minimum atomic E-state index is -5.75. The third kappa shape index (κ3) is 6.74. The number of rotatable bonds is 9. The molecule has 1 amide bonds. The third-order valence-corrected chi connectivity index (χ3v) is 8.19. The number of hydrogen-bond acceptors (Lipinski definition) is 16. The van der Waals surface area contributed by atoms with Crippen LogP contribution in [0.2, 0.25) is 0 Å². The minimum Gasteiger partial charge on any atom is -0.756 e. The Labute approximate surface area is 209 Å². The summed E-state index contributed by atoms with van der Waals surface area (Å²) in [7, 11) is -11.2. The number of carbonyl (C=O) groups excluding carboxylic acids is 1. The van der Waals surface area contributed by atoms with E-state index in [1.54, 1.807) is 0 Å². The molecule has 2 fully saturated rings. The van der Waals surface area contributed by atoms with Crippen molar-refractivity contribution in [3.63, 3.8) is 0 Å². The van der Waals surface area contributed by atoms with Gasteiger partial charge in [0.25, 0.3) is 13.7 Å². The van der Waals surface area contributed by atoms with Crippen molar-refractivity contribution in [2.24, 2.45) is 0 Å². The number of carbonyl (C=O) groups is 1. The lowest BCUT2D eigenvalue weighted by atomic mass is 10.0. The molecule has 0 radical (unpaired) electrons. The van der Waals surface area contributed by atoms with Gasteiger partial charge in [-0.25, -0.2) is 8.88 Å². The third-order valence-electron chi connectivity index (χ3n) is 5.26. The molecule has 0 spiro atoms. The zero-order chi connectivity index (χ0) is 27.0. The topological polar surface area (TPSA) is 257 Å². The van der Waals surface area contributed by atoms with E-state index in [1.807, 2.05) is 0 Å². The number of phosphoric acid groups is 2. The largest absolute Gasteiger partial charge is 0.756 e. The number of thiol groups is 1. The van der Waals surface area contributed by atoms with Gasteiger partial charge in [-0.05, 0) is 0 Å². The molecule has 0 aromatic rings. The first-order chi connectivity index (χ1) is 16.7. The maximum Gasteiger partial charge on any atom is 0.478 e. The summed E-state index contributed by atoms with van der Waals surface area (Å²) < 4.78 is 47.7. The monoisotopic (exact) mass is 579 g/mol. The SMILES string of the molecule is C=C1NC(=O)C=CN1[C@@H]1O[C@H](COP(=O)(O)OP(=O)([O-])O[C@@H]2OC(CS)[C@H](O)[C@H](O)C2O)[C@H](O)C1O. The Morgan fingerprint density at radius 2 is 1.72 bits per heavy atom. The smallest absolute Gasteiger partial charge is 0.478 e. The van der Waals surface area contributed by atoms with Crippen LogP contribution in [0.25, 0.3) is 0 Å². The summed E-state index contributed by atoms with van der Waals surface area (Å²) in [6.07, 6.45) is -12.7. The van der Waals surface area contributed by atoms with Gasteiger partial charge in [0.2, 0.25) is 0 Å². The van der Waals surface area contributed by atoms with Gasteiger partial charge in [0.15, 0.2) is 12.5 Å². The number of ether oxygens (including phenoxy) is 2. The molecule has 3 heterocycles. The van der Waals surface area contributed by atoms with E-state index in [0.717, 1.165) is 6.08 Å². The van der Waals surface area contributed by atoms with E-state index in [-0.39, 0.29) is 11.6 Å². The van der Waals surface area contributed by atoms with E-state index < -0.39 is 83.4 Å². The number of phosphoric ester groups is 2. The molecule has 206 valence electrons. The molecule has 20 heteroatoms. The average molecular weight is 579 g/mol. The summed E-state index contributed by atoms with van der Waals surface area (Å²) in [5.74, 6) is -0.699. The zero-order valence-corrected chi connectivity index (χ0v) is 20.8. The van der Waals surface area contributed by atoms with Crippen LogP contribution in [0.5, 0.6) is 0 Å². The van der Waals surface area contributed by atoms with Gasteiger partial charge < -0.3 is 55.0 Å². The lowest BCUT2D eigenvalue weighted by Gasteiger charge is -2.41. The van der Waals surface area contributed by atoms with Crippen LogP contribution in [0.1, 0.15) is 0 Å². The minimum absolute atomic E-state index is 0.00540. The Bertz CT molecular complexity index is 968. The van der Waals surface area contributed by atoms with Crippen LogP contribution in [0, 0.1) is 0 Å². The highest BCUT2D eigenvalue weighted by Gasteiger charge is 2.48. The predicted octanol–water partition coefficient (Wildman–Crippen LogP) is -3.79. The average Bonchev–Trinajstić information content (AvgIpc) is 3.06. The Morgan fingerprint density at radius 3 is 2.33 bits per heavy atom. The normalized spacial score (nSPS) is 40.6. The van der Waals surface area contributed by atoms with E-state index in [2.05, 4.69) is 37.9 Å². The molecule has 5 unspecified atom stereocenters.